The summed E-state index contributed by atoms with van der Waals surface area (Å²) < 4.78 is 5.47. The molecule has 3 N–H and O–H groups in total. The number of carbonyl (C=O) groups excluding carboxylic acids is 2. The first-order chi connectivity index (χ1) is 31.0. The number of aliphatic hydroxyl groups excluding tert-OH is 2. The van der Waals surface area contributed by atoms with Gasteiger partial charge in [0.25, 0.3) is 0 Å². The minimum atomic E-state index is -0.850. The summed E-state index contributed by atoms with van der Waals surface area (Å²) in [6.45, 7) is 4.89. The van der Waals surface area contributed by atoms with Crippen molar-refractivity contribution in [3.63, 3.8) is 0 Å². The SMILES string of the molecule is CCCCCCCC/C=C\CCCCCCCC(=O)OCCCCCCCCCCCCCCCCCC(=O)NC(CO)C(O)/C=C/CCCCCCCCCCCCCCCC. The van der Waals surface area contributed by atoms with E-state index in [9.17, 15) is 19.8 Å². The smallest absolute Gasteiger partial charge is 0.305 e. The lowest BCUT2D eigenvalue weighted by Crippen LogP contribution is -2.45. The molecule has 63 heavy (non-hydrogen) atoms. The van der Waals surface area contributed by atoms with Gasteiger partial charge in [-0.3, -0.25) is 9.59 Å². The van der Waals surface area contributed by atoms with Gasteiger partial charge < -0.3 is 20.3 Å². The topological polar surface area (TPSA) is 95.9 Å². The highest BCUT2D eigenvalue weighted by Gasteiger charge is 2.18. The molecule has 0 aliphatic rings. The van der Waals surface area contributed by atoms with E-state index in [0.29, 0.717) is 19.4 Å². The molecule has 0 aliphatic heterocycles. The molecule has 0 rings (SSSR count). The zero-order chi connectivity index (χ0) is 45.8. The van der Waals surface area contributed by atoms with Gasteiger partial charge in [0.05, 0.1) is 25.4 Å². The van der Waals surface area contributed by atoms with Gasteiger partial charge in [-0.15, -0.1) is 0 Å². The van der Waals surface area contributed by atoms with Crippen molar-refractivity contribution in [3.8, 4) is 0 Å². The van der Waals surface area contributed by atoms with E-state index in [1.54, 1.807) is 6.08 Å². The van der Waals surface area contributed by atoms with E-state index in [1.165, 1.54) is 225 Å². The normalized spacial score (nSPS) is 12.8. The Morgan fingerprint density at radius 2 is 0.746 bits per heavy atom. The Kier molecular flexibility index (Phi) is 51.6. The number of unbranched alkanes of at least 4 members (excludes halogenated alkanes) is 39. The molecule has 0 aliphatic carbocycles. The fraction of sp³-hybridized carbons (Fsp3) is 0.895. The molecule has 0 saturated carbocycles. The third kappa shape index (κ3) is 49.6. The minimum absolute atomic E-state index is 0.00824. The molecular weight excluding hydrogens is 779 g/mol. The lowest BCUT2D eigenvalue weighted by Gasteiger charge is -2.20. The van der Waals surface area contributed by atoms with E-state index in [0.717, 1.165) is 51.4 Å². The zero-order valence-electron chi connectivity index (χ0n) is 42.3. The number of ether oxygens (including phenoxy) is 1. The van der Waals surface area contributed by atoms with Crippen LogP contribution in [0.25, 0.3) is 0 Å². The molecule has 0 aromatic heterocycles. The fourth-order valence-electron chi connectivity index (χ4n) is 8.63. The summed E-state index contributed by atoms with van der Waals surface area (Å²) in [6, 6.07) is -0.634. The van der Waals surface area contributed by atoms with Gasteiger partial charge in [-0.05, 0) is 57.8 Å². The number of carbonyl (C=O) groups is 2. The van der Waals surface area contributed by atoms with E-state index in [4.69, 9.17) is 4.74 Å². The Balaban J connectivity index is 3.46. The van der Waals surface area contributed by atoms with Crippen LogP contribution in [0.2, 0.25) is 0 Å². The third-order valence-corrected chi connectivity index (χ3v) is 13.0. The van der Waals surface area contributed by atoms with Crippen molar-refractivity contribution < 1.29 is 24.5 Å². The first kappa shape index (κ1) is 61.3. The van der Waals surface area contributed by atoms with Crippen LogP contribution in [0.3, 0.4) is 0 Å². The van der Waals surface area contributed by atoms with Gasteiger partial charge in [0, 0.05) is 12.8 Å². The summed E-state index contributed by atoms with van der Waals surface area (Å²) in [5, 5.41) is 23.1. The summed E-state index contributed by atoms with van der Waals surface area (Å²) in [6.07, 6.45) is 63.3. The minimum Gasteiger partial charge on any atom is -0.466 e. The predicted molar refractivity (Wildman–Crippen MR) is 273 cm³/mol. The Labute approximate surface area is 392 Å². The summed E-state index contributed by atoms with van der Waals surface area (Å²) in [7, 11) is 0. The zero-order valence-corrected chi connectivity index (χ0v) is 42.3. The summed E-state index contributed by atoms with van der Waals surface area (Å²) in [5.74, 6) is -0.0837. The molecule has 0 saturated heterocycles. The first-order valence-corrected chi connectivity index (χ1v) is 28.1. The largest absolute Gasteiger partial charge is 0.466 e. The highest BCUT2D eigenvalue weighted by Crippen LogP contribution is 2.16. The highest BCUT2D eigenvalue weighted by atomic mass is 16.5. The third-order valence-electron chi connectivity index (χ3n) is 13.0. The number of esters is 1. The van der Waals surface area contributed by atoms with Gasteiger partial charge in [0.2, 0.25) is 5.91 Å². The first-order valence-electron chi connectivity index (χ1n) is 28.1. The van der Waals surface area contributed by atoms with Crippen molar-refractivity contribution in [3.05, 3.63) is 24.3 Å². The second kappa shape index (κ2) is 53.0. The molecule has 0 radical (unpaired) electrons. The lowest BCUT2D eigenvalue weighted by molar-refractivity contribution is -0.143. The van der Waals surface area contributed by atoms with Crippen molar-refractivity contribution in [1.29, 1.82) is 0 Å². The summed E-state index contributed by atoms with van der Waals surface area (Å²) >= 11 is 0. The van der Waals surface area contributed by atoms with Crippen LogP contribution < -0.4 is 5.32 Å². The van der Waals surface area contributed by atoms with E-state index >= 15 is 0 Å². The van der Waals surface area contributed by atoms with E-state index < -0.39 is 12.1 Å². The Bertz CT molecular complexity index is 982. The number of aliphatic hydroxyl groups is 2. The fourth-order valence-corrected chi connectivity index (χ4v) is 8.63. The number of amides is 1. The summed E-state index contributed by atoms with van der Waals surface area (Å²) in [4.78, 5) is 24.5. The van der Waals surface area contributed by atoms with Crippen molar-refractivity contribution in [1.82, 2.24) is 5.32 Å². The molecule has 0 aromatic rings. The van der Waals surface area contributed by atoms with Crippen LogP contribution in [-0.2, 0) is 14.3 Å². The van der Waals surface area contributed by atoms with E-state index in [-0.39, 0.29) is 18.5 Å². The van der Waals surface area contributed by atoms with Gasteiger partial charge in [-0.2, -0.15) is 0 Å². The molecular formula is C57H109NO5. The molecule has 0 spiro atoms. The molecule has 2 atom stereocenters. The molecule has 0 heterocycles. The second-order valence-corrected chi connectivity index (χ2v) is 19.3. The van der Waals surface area contributed by atoms with Crippen LogP contribution in [-0.4, -0.2) is 47.4 Å². The monoisotopic (exact) mass is 888 g/mol. The number of hydrogen-bond acceptors (Lipinski definition) is 5. The second-order valence-electron chi connectivity index (χ2n) is 19.3. The lowest BCUT2D eigenvalue weighted by atomic mass is 10.0. The predicted octanol–water partition coefficient (Wildman–Crippen LogP) is 17.1. The molecule has 6 nitrogen and oxygen atoms in total. The molecule has 6 heteroatoms. The average molecular weight is 889 g/mol. The maximum absolute atomic E-state index is 12.5. The molecule has 0 aromatic carbocycles. The van der Waals surface area contributed by atoms with E-state index in [1.807, 2.05) is 6.08 Å². The van der Waals surface area contributed by atoms with Crippen LogP contribution >= 0.6 is 0 Å². The molecule has 0 bridgehead atoms. The van der Waals surface area contributed by atoms with Gasteiger partial charge in [-0.25, -0.2) is 0 Å². The van der Waals surface area contributed by atoms with Crippen LogP contribution in [0, 0.1) is 0 Å². The van der Waals surface area contributed by atoms with Gasteiger partial charge in [0.1, 0.15) is 0 Å². The van der Waals surface area contributed by atoms with E-state index in [2.05, 4.69) is 31.3 Å². The molecule has 372 valence electrons. The highest BCUT2D eigenvalue weighted by molar-refractivity contribution is 5.76. The number of nitrogens with one attached hydrogen (secondary N) is 1. The van der Waals surface area contributed by atoms with Gasteiger partial charge in [-0.1, -0.05) is 256 Å². The number of hydrogen-bond donors (Lipinski definition) is 3. The number of rotatable bonds is 52. The Morgan fingerprint density at radius 1 is 0.429 bits per heavy atom. The summed E-state index contributed by atoms with van der Waals surface area (Å²) in [5.41, 5.74) is 0. The average Bonchev–Trinajstić information content (AvgIpc) is 3.28. The standard InChI is InChI=1S/C57H109NO5/c1-3-5-7-9-11-13-15-17-19-22-25-29-33-37-41-45-49-55(60)54(53-59)58-56(61)50-46-42-38-34-30-26-23-20-24-28-32-36-40-44-48-52-63-57(62)51-47-43-39-35-31-27-21-18-16-14-12-10-8-6-4-2/h18,21,45,49,54-55,59-60H,3-17,19-20,22-44,46-48,50-53H2,1-2H3,(H,58,61)/b21-18-,49-45+. The molecule has 0 fully saturated rings. The molecule has 2 unspecified atom stereocenters. The maximum Gasteiger partial charge on any atom is 0.305 e. The van der Waals surface area contributed by atoms with Crippen LogP contribution in [0.1, 0.15) is 303 Å². The maximum atomic E-state index is 12.5. The number of allylic oxidation sites excluding steroid dienone is 3. The van der Waals surface area contributed by atoms with Crippen molar-refractivity contribution in [2.75, 3.05) is 13.2 Å². The van der Waals surface area contributed by atoms with Crippen LogP contribution in [0.5, 0.6) is 0 Å². The van der Waals surface area contributed by atoms with Gasteiger partial charge >= 0.3 is 5.97 Å². The van der Waals surface area contributed by atoms with Crippen molar-refractivity contribution >= 4 is 11.9 Å². The quantitative estimate of drug-likeness (QED) is 0.0321. The van der Waals surface area contributed by atoms with Crippen LogP contribution in [0.4, 0.5) is 0 Å². The van der Waals surface area contributed by atoms with Crippen LogP contribution in [0.15, 0.2) is 24.3 Å². The van der Waals surface area contributed by atoms with Crippen molar-refractivity contribution in [2.45, 2.75) is 315 Å². The van der Waals surface area contributed by atoms with Gasteiger partial charge in [0.15, 0.2) is 0 Å². The molecule has 1 amide bonds. The Morgan fingerprint density at radius 3 is 1.13 bits per heavy atom. The van der Waals surface area contributed by atoms with Crippen molar-refractivity contribution in [2.24, 2.45) is 0 Å². The Hall–Kier alpha value is -1.66.